The second-order valence-corrected chi connectivity index (χ2v) is 6.76. The van der Waals surface area contributed by atoms with E-state index < -0.39 is 11.7 Å². The van der Waals surface area contributed by atoms with Gasteiger partial charge in [-0.05, 0) is 46.5 Å². The Morgan fingerprint density at radius 3 is 2.71 bits per heavy atom. The fourth-order valence-electron chi connectivity index (χ4n) is 2.72. The number of hydrogen-bond donors (Lipinski definition) is 1. The van der Waals surface area contributed by atoms with Gasteiger partial charge in [0.25, 0.3) is 0 Å². The van der Waals surface area contributed by atoms with Gasteiger partial charge in [-0.3, -0.25) is 0 Å². The van der Waals surface area contributed by atoms with Crippen LogP contribution in [0.15, 0.2) is 0 Å². The number of hydrogen-bond acceptors (Lipinski definition) is 5. The van der Waals surface area contributed by atoms with Crippen LogP contribution in [0.2, 0.25) is 0 Å². The molecule has 2 aliphatic heterocycles. The van der Waals surface area contributed by atoms with Gasteiger partial charge in [-0.1, -0.05) is 0 Å². The van der Waals surface area contributed by atoms with E-state index in [1.807, 2.05) is 20.8 Å². The Morgan fingerprint density at radius 1 is 1.38 bits per heavy atom. The lowest BCUT2D eigenvalue weighted by Crippen LogP contribution is -2.41. The summed E-state index contributed by atoms with van der Waals surface area (Å²) in [5.41, 5.74) is -0.539. The molecule has 122 valence electrons. The van der Waals surface area contributed by atoms with E-state index in [2.05, 4.69) is 0 Å². The third kappa shape index (κ3) is 4.83. The summed E-state index contributed by atoms with van der Waals surface area (Å²) in [6.45, 7) is 6.59. The van der Waals surface area contributed by atoms with E-state index in [1.165, 1.54) is 0 Å². The van der Waals surface area contributed by atoms with Crippen LogP contribution in [0.3, 0.4) is 0 Å². The summed E-state index contributed by atoms with van der Waals surface area (Å²) in [4.78, 5) is 13.7. The molecule has 21 heavy (non-hydrogen) atoms. The van der Waals surface area contributed by atoms with Crippen molar-refractivity contribution in [2.45, 2.75) is 70.5 Å². The Labute approximate surface area is 126 Å². The largest absolute Gasteiger partial charge is 0.444 e. The standard InChI is InChI=1S/C15H27NO5/c1-15(2,3)21-14(18)16-9-12(8-11(16)10-17)20-13-6-4-5-7-19-13/h11-13,17H,4-10H2,1-3H3/t11-,12-,13-/m1/s1. The van der Waals surface area contributed by atoms with Crippen molar-refractivity contribution in [2.75, 3.05) is 19.8 Å². The number of aliphatic hydroxyl groups is 1. The Kier molecular flexibility index (Phi) is 5.46. The van der Waals surface area contributed by atoms with Crippen LogP contribution in [-0.2, 0) is 14.2 Å². The number of carbonyl (C=O) groups excluding carboxylic acids is 1. The predicted molar refractivity (Wildman–Crippen MR) is 76.9 cm³/mol. The molecule has 6 heteroatoms. The SMILES string of the molecule is CC(C)(C)OC(=O)N1C[C@H](O[C@@H]2CCCCO2)C[C@@H]1CO. The van der Waals surface area contributed by atoms with E-state index >= 15 is 0 Å². The first-order valence-electron chi connectivity index (χ1n) is 7.76. The van der Waals surface area contributed by atoms with Gasteiger partial charge in [-0.15, -0.1) is 0 Å². The van der Waals surface area contributed by atoms with Crippen LogP contribution >= 0.6 is 0 Å². The van der Waals surface area contributed by atoms with Gasteiger partial charge in [0.2, 0.25) is 0 Å². The van der Waals surface area contributed by atoms with E-state index in [4.69, 9.17) is 14.2 Å². The fraction of sp³-hybridized carbons (Fsp3) is 0.933. The van der Waals surface area contributed by atoms with Crippen molar-refractivity contribution < 1.29 is 24.1 Å². The molecule has 2 fully saturated rings. The highest BCUT2D eigenvalue weighted by atomic mass is 16.7. The van der Waals surface area contributed by atoms with Crippen LogP contribution < -0.4 is 0 Å². The highest BCUT2D eigenvalue weighted by molar-refractivity contribution is 5.69. The van der Waals surface area contributed by atoms with Crippen LogP contribution in [0.1, 0.15) is 46.5 Å². The minimum Gasteiger partial charge on any atom is -0.444 e. The molecular formula is C15H27NO5. The number of likely N-dealkylation sites (tertiary alicyclic amines) is 1. The summed E-state index contributed by atoms with van der Waals surface area (Å²) in [6.07, 6.45) is 3.03. The minimum atomic E-state index is -0.539. The first-order chi connectivity index (χ1) is 9.89. The van der Waals surface area contributed by atoms with Crippen molar-refractivity contribution in [3.63, 3.8) is 0 Å². The van der Waals surface area contributed by atoms with Crippen molar-refractivity contribution >= 4 is 6.09 Å². The Balaban J connectivity index is 1.88. The zero-order chi connectivity index (χ0) is 15.5. The molecule has 0 bridgehead atoms. The van der Waals surface area contributed by atoms with Crippen molar-refractivity contribution in [3.05, 3.63) is 0 Å². The molecule has 0 aromatic carbocycles. The number of ether oxygens (including phenoxy) is 3. The van der Waals surface area contributed by atoms with Gasteiger partial charge in [0.15, 0.2) is 6.29 Å². The molecule has 0 saturated carbocycles. The molecule has 1 N–H and O–H groups in total. The zero-order valence-electron chi connectivity index (χ0n) is 13.2. The lowest BCUT2D eigenvalue weighted by atomic mass is 10.2. The van der Waals surface area contributed by atoms with Gasteiger partial charge in [-0.2, -0.15) is 0 Å². The normalized spacial score (nSPS) is 30.5. The molecule has 0 radical (unpaired) electrons. The molecule has 0 spiro atoms. The van der Waals surface area contributed by atoms with E-state index in [-0.39, 0.29) is 25.0 Å². The number of rotatable bonds is 3. The maximum absolute atomic E-state index is 12.2. The van der Waals surface area contributed by atoms with Crippen LogP contribution in [0, 0.1) is 0 Å². The summed E-state index contributed by atoms with van der Waals surface area (Å²) >= 11 is 0. The van der Waals surface area contributed by atoms with Crippen LogP contribution in [0.5, 0.6) is 0 Å². The Bertz CT molecular complexity index is 348. The topological polar surface area (TPSA) is 68.2 Å². The van der Waals surface area contributed by atoms with Gasteiger partial charge in [0.1, 0.15) is 5.60 Å². The molecular weight excluding hydrogens is 274 g/mol. The maximum Gasteiger partial charge on any atom is 0.410 e. The minimum absolute atomic E-state index is 0.0787. The monoisotopic (exact) mass is 301 g/mol. The first-order valence-corrected chi connectivity index (χ1v) is 7.76. The summed E-state index contributed by atoms with van der Waals surface area (Å²) < 4.78 is 16.9. The van der Waals surface area contributed by atoms with Gasteiger partial charge in [-0.25, -0.2) is 4.79 Å². The van der Waals surface area contributed by atoms with E-state index in [1.54, 1.807) is 4.90 Å². The zero-order valence-corrected chi connectivity index (χ0v) is 13.2. The second kappa shape index (κ2) is 6.94. The number of nitrogens with zero attached hydrogens (tertiary/aromatic N) is 1. The summed E-state index contributed by atoms with van der Waals surface area (Å²) in [6, 6.07) is -0.242. The van der Waals surface area contributed by atoms with Crippen molar-refractivity contribution in [1.82, 2.24) is 4.90 Å². The molecule has 6 nitrogen and oxygen atoms in total. The molecule has 3 atom stereocenters. The lowest BCUT2D eigenvalue weighted by Gasteiger charge is -2.28. The second-order valence-electron chi connectivity index (χ2n) is 6.76. The molecule has 0 aromatic rings. The van der Waals surface area contributed by atoms with Gasteiger partial charge in [0, 0.05) is 6.61 Å². The Hall–Kier alpha value is -0.850. The third-order valence-corrected chi connectivity index (χ3v) is 3.70. The first kappa shape index (κ1) is 16.5. The average Bonchev–Trinajstić information content (AvgIpc) is 2.81. The Morgan fingerprint density at radius 2 is 2.14 bits per heavy atom. The highest BCUT2D eigenvalue weighted by Gasteiger charge is 2.38. The quantitative estimate of drug-likeness (QED) is 0.862. The number of amides is 1. The van der Waals surface area contributed by atoms with Gasteiger partial charge < -0.3 is 24.2 Å². The highest BCUT2D eigenvalue weighted by Crippen LogP contribution is 2.26. The van der Waals surface area contributed by atoms with Crippen LogP contribution in [0.25, 0.3) is 0 Å². The molecule has 1 amide bonds. The molecule has 2 rings (SSSR count). The number of aliphatic hydroxyl groups excluding tert-OH is 1. The summed E-state index contributed by atoms with van der Waals surface area (Å²) in [7, 11) is 0. The van der Waals surface area contributed by atoms with Gasteiger partial charge >= 0.3 is 6.09 Å². The molecule has 0 aliphatic carbocycles. The van der Waals surface area contributed by atoms with E-state index in [0.717, 1.165) is 25.9 Å². The van der Waals surface area contributed by atoms with Crippen molar-refractivity contribution in [2.24, 2.45) is 0 Å². The molecule has 2 saturated heterocycles. The van der Waals surface area contributed by atoms with Crippen LogP contribution in [-0.4, -0.2) is 59.9 Å². The average molecular weight is 301 g/mol. The molecule has 0 unspecified atom stereocenters. The predicted octanol–water partition coefficient (Wildman–Crippen LogP) is 1.90. The lowest BCUT2D eigenvalue weighted by molar-refractivity contribution is -0.185. The molecule has 2 aliphatic rings. The summed E-state index contributed by atoms with van der Waals surface area (Å²) in [5.74, 6) is 0. The molecule has 0 aromatic heterocycles. The maximum atomic E-state index is 12.2. The van der Waals surface area contributed by atoms with E-state index in [9.17, 15) is 9.90 Å². The van der Waals surface area contributed by atoms with Gasteiger partial charge in [0.05, 0.1) is 25.3 Å². The number of carbonyl (C=O) groups is 1. The fourth-order valence-corrected chi connectivity index (χ4v) is 2.72. The smallest absolute Gasteiger partial charge is 0.410 e. The molecule has 2 heterocycles. The van der Waals surface area contributed by atoms with E-state index in [0.29, 0.717) is 13.0 Å². The van der Waals surface area contributed by atoms with Crippen molar-refractivity contribution in [3.8, 4) is 0 Å². The van der Waals surface area contributed by atoms with Crippen molar-refractivity contribution in [1.29, 1.82) is 0 Å². The summed E-state index contributed by atoms with van der Waals surface area (Å²) in [5, 5.41) is 9.47. The van der Waals surface area contributed by atoms with Crippen LogP contribution in [0.4, 0.5) is 4.79 Å². The third-order valence-electron chi connectivity index (χ3n) is 3.70.